The van der Waals surface area contributed by atoms with Crippen LogP contribution in [0.4, 0.5) is 14.9 Å². The summed E-state index contributed by atoms with van der Waals surface area (Å²) < 4.78 is 19.0. The number of rotatable bonds is 3. The third-order valence-electron chi connectivity index (χ3n) is 5.04. The number of para-hydroxylation sites is 1. The smallest absolute Gasteiger partial charge is 0.318 e. The van der Waals surface area contributed by atoms with E-state index in [9.17, 15) is 9.18 Å². The highest BCUT2D eigenvalue weighted by Gasteiger charge is 2.27. The number of aromatic nitrogens is 2. The molecule has 1 N–H and O–H groups in total. The molecule has 0 radical (unpaired) electrons. The number of likely N-dealkylation sites (N-methyl/N-ethyl adjacent to an activating group) is 1. The van der Waals surface area contributed by atoms with Crippen LogP contribution < -0.4 is 10.2 Å². The van der Waals surface area contributed by atoms with Crippen LogP contribution in [0.3, 0.4) is 0 Å². The molecule has 2 aromatic carbocycles. The van der Waals surface area contributed by atoms with Crippen LogP contribution >= 0.6 is 0 Å². The Morgan fingerprint density at radius 3 is 2.83 bits per heavy atom. The predicted octanol–water partition coefficient (Wildman–Crippen LogP) is 3.43. The van der Waals surface area contributed by atoms with Crippen molar-refractivity contribution >= 4 is 11.7 Å². The lowest BCUT2D eigenvalue weighted by atomic mass is 10.1. The van der Waals surface area contributed by atoms with Crippen molar-refractivity contribution in [1.82, 2.24) is 20.4 Å². The van der Waals surface area contributed by atoms with Crippen molar-refractivity contribution in [2.24, 2.45) is 0 Å². The van der Waals surface area contributed by atoms with E-state index in [1.54, 1.807) is 23.1 Å². The summed E-state index contributed by atoms with van der Waals surface area (Å²) in [6.07, 6.45) is 0. The van der Waals surface area contributed by atoms with Gasteiger partial charge < -0.3 is 19.6 Å². The van der Waals surface area contributed by atoms with Crippen LogP contribution in [0.2, 0.25) is 0 Å². The molecule has 7 nitrogen and oxygen atoms in total. The molecule has 0 fully saturated rings. The van der Waals surface area contributed by atoms with Gasteiger partial charge in [-0.15, -0.1) is 0 Å². The van der Waals surface area contributed by atoms with E-state index in [4.69, 9.17) is 4.52 Å². The fourth-order valence-corrected chi connectivity index (χ4v) is 3.55. The molecule has 1 aromatic heterocycles. The zero-order valence-corrected chi connectivity index (χ0v) is 16.3. The maximum atomic E-state index is 13.9. The molecule has 1 atom stereocenters. The number of fused-ring (bicyclic) bond motifs is 1. The van der Waals surface area contributed by atoms with Gasteiger partial charge in [-0.25, -0.2) is 9.18 Å². The summed E-state index contributed by atoms with van der Waals surface area (Å²) in [6, 6.07) is 14.1. The second kappa shape index (κ2) is 7.90. The molecule has 1 aliphatic rings. The highest BCUT2D eigenvalue weighted by molar-refractivity contribution is 5.75. The van der Waals surface area contributed by atoms with E-state index in [-0.39, 0.29) is 35.9 Å². The Labute approximate surface area is 168 Å². The molecular weight excluding hydrogens is 373 g/mol. The SMILES string of the molecule is C[C@H]1CN(C)c2ccccc2CN1C(=O)NCc1noc(-c2ccccc2F)n1. The number of nitrogens with one attached hydrogen (secondary N) is 1. The van der Waals surface area contributed by atoms with Crippen LogP contribution in [0.5, 0.6) is 0 Å². The lowest BCUT2D eigenvalue weighted by molar-refractivity contribution is 0.177. The summed E-state index contributed by atoms with van der Waals surface area (Å²) in [4.78, 5) is 21.0. The maximum Gasteiger partial charge on any atom is 0.318 e. The largest absolute Gasteiger partial charge is 0.372 e. The summed E-state index contributed by atoms with van der Waals surface area (Å²) in [6.45, 7) is 3.36. The summed E-state index contributed by atoms with van der Waals surface area (Å²) in [5.41, 5.74) is 2.46. The first-order chi connectivity index (χ1) is 14.0. The highest BCUT2D eigenvalue weighted by Crippen LogP contribution is 2.26. The first-order valence-electron chi connectivity index (χ1n) is 9.44. The van der Waals surface area contributed by atoms with E-state index in [1.807, 2.05) is 32.2 Å². The molecule has 150 valence electrons. The molecule has 8 heteroatoms. The van der Waals surface area contributed by atoms with Crippen LogP contribution in [-0.4, -0.2) is 40.7 Å². The molecule has 1 aliphatic heterocycles. The number of carbonyl (C=O) groups excluding carboxylic acids is 1. The number of carbonyl (C=O) groups is 1. The molecule has 2 amide bonds. The van der Waals surface area contributed by atoms with Gasteiger partial charge in [0.2, 0.25) is 0 Å². The molecule has 0 bridgehead atoms. The average Bonchev–Trinajstić information content (AvgIpc) is 3.14. The Morgan fingerprint density at radius 1 is 1.24 bits per heavy atom. The Balaban J connectivity index is 1.44. The minimum Gasteiger partial charge on any atom is -0.372 e. The number of anilines is 1. The Kier molecular flexibility index (Phi) is 5.16. The first-order valence-corrected chi connectivity index (χ1v) is 9.44. The van der Waals surface area contributed by atoms with Gasteiger partial charge in [0.15, 0.2) is 5.82 Å². The molecular formula is C21H22FN5O2. The van der Waals surface area contributed by atoms with E-state index in [0.29, 0.717) is 6.54 Å². The Morgan fingerprint density at radius 2 is 2.00 bits per heavy atom. The average molecular weight is 395 g/mol. The maximum absolute atomic E-state index is 13.9. The predicted molar refractivity (Wildman–Crippen MR) is 107 cm³/mol. The van der Waals surface area contributed by atoms with Crippen molar-refractivity contribution in [2.45, 2.75) is 26.1 Å². The minimum atomic E-state index is -0.437. The van der Waals surface area contributed by atoms with Crippen LogP contribution in [0.1, 0.15) is 18.3 Å². The van der Waals surface area contributed by atoms with Crippen molar-refractivity contribution in [1.29, 1.82) is 0 Å². The van der Waals surface area contributed by atoms with E-state index in [2.05, 4.69) is 26.4 Å². The quantitative estimate of drug-likeness (QED) is 0.736. The third-order valence-corrected chi connectivity index (χ3v) is 5.04. The minimum absolute atomic E-state index is 0.0200. The Bertz CT molecular complexity index is 1020. The van der Waals surface area contributed by atoms with E-state index < -0.39 is 5.82 Å². The standard InChI is InChI=1S/C21H22FN5O2/c1-14-12-26(2)18-10-6-3-7-15(18)13-27(14)21(28)23-11-19-24-20(29-25-19)16-8-4-5-9-17(16)22/h3-10,14H,11-13H2,1-2H3,(H,23,28)/t14-/m0/s1. The van der Waals surface area contributed by atoms with E-state index >= 15 is 0 Å². The second-order valence-electron chi connectivity index (χ2n) is 7.14. The highest BCUT2D eigenvalue weighted by atomic mass is 19.1. The fourth-order valence-electron chi connectivity index (χ4n) is 3.55. The summed E-state index contributed by atoms with van der Waals surface area (Å²) in [5, 5.41) is 6.68. The van der Waals surface area contributed by atoms with Crippen LogP contribution in [-0.2, 0) is 13.1 Å². The van der Waals surface area contributed by atoms with Crippen molar-refractivity contribution in [2.75, 3.05) is 18.5 Å². The monoisotopic (exact) mass is 395 g/mol. The molecule has 0 spiro atoms. The summed E-state index contributed by atoms with van der Waals surface area (Å²) in [5.74, 6) is -0.0597. The van der Waals surface area contributed by atoms with Gasteiger partial charge in [-0.2, -0.15) is 4.98 Å². The fraction of sp³-hybridized carbons (Fsp3) is 0.286. The van der Waals surface area contributed by atoms with Crippen LogP contribution in [0.15, 0.2) is 53.1 Å². The van der Waals surface area contributed by atoms with Crippen LogP contribution in [0, 0.1) is 5.82 Å². The van der Waals surface area contributed by atoms with Crippen LogP contribution in [0.25, 0.3) is 11.5 Å². The molecule has 0 aliphatic carbocycles. The number of halogens is 1. The van der Waals surface area contributed by atoms with Gasteiger partial charge >= 0.3 is 6.03 Å². The van der Waals surface area contributed by atoms with Crippen molar-refractivity contribution < 1.29 is 13.7 Å². The van der Waals surface area contributed by atoms with Gasteiger partial charge in [-0.05, 0) is 30.7 Å². The number of hydrogen-bond acceptors (Lipinski definition) is 5. The lowest BCUT2D eigenvalue weighted by Gasteiger charge is -2.28. The normalized spacial score (nSPS) is 16.3. The van der Waals surface area contributed by atoms with Gasteiger partial charge in [-0.3, -0.25) is 0 Å². The van der Waals surface area contributed by atoms with Gasteiger partial charge in [0.05, 0.1) is 12.1 Å². The molecule has 29 heavy (non-hydrogen) atoms. The third kappa shape index (κ3) is 3.91. The van der Waals surface area contributed by atoms with Crippen molar-refractivity contribution in [3.8, 4) is 11.5 Å². The number of benzene rings is 2. The number of hydrogen-bond donors (Lipinski definition) is 1. The van der Waals surface area contributed by atoms with Gasteiger partial charge in [0.25, 0.3) is 5.89 Å². The lowest BCUT2D eigenvalue weighted by Crippen LogP contribution is -2.46. The van der Waals surface area contributed by atoms with Crippen molar-refractivity contribution in [3.63, 3.8) is 0 Å². The molecule has 0 saturated carbocycles. The molecule has 4 rings (SSSR count). The topological polar surface area (TPSA) is 74.5 Å². The van der Waals surface area contributed by atoms with Gasteiger partial charge in [-0.1, -0.05) is 35.5 Å². The second-order valence-corrected chi connectivity index (χ2v) is 7.14. The molecule has 2 heterocycles. The summed E-state index contributed by atoms with van der Waals surface area (Å²) >= 11 is 0. The Hall–Kier alpha value is -3.42. The first kappa shape index (κ1) is 18.9. The zero-order chi connectivity index (χ0) is 20.4. The number of urea groups is 1. The van der Waals surface area contributed by atoms with Gasteiger partial charge in [0, 0.05) is 31.9 Å². The molecule has 0 unspecified atom stereocenters. The molecule has 0 saturated heterocycles. The number of nitrogens with zero attached hydrogens (tertiary/aromatic N) is 4. The van der Waals surface area contributed by atoms with Crippen molar-refractivity contribution in [3.05, 3.63) is 65.7 Å². The number of amides is 2. The van der Waals surface area contributed by atoms with E-state index in [1.165, 1.54) is 6.07 Å². The zero-order valence-electron chi connectivity index (χ0n) is 16.3. The van der Waals surface area contributed by atoms with Gasteiger partial charge in [0.1, 0.15) is 5.82 Å². The summed E-state index contributed by atoms with van der Waals surface area (Å²) in [7, 11) is 2.03. The molecule has 3 aromatic rings. The van der Waals surface area contributed by atoms with E-state index in [0.717, 1.165) is 17.8 Å².